The molecule has 0 aliphatic rings. The van der Waals surface area contributed by atoms with Crippen LogP contribution in [0, 0.1) is 0 Å². The van der Waals surface area contributed by atoms with Gasteiger partial charge in [0.05, 0.1) is 27.6 Å². The van der Waals surface area contributed by atoms with Gasteiger partial charge in [-0.3, -0.25) is 9.55 Å². The lowest BCUT2D eigenvalue weighted by Gasteiger charge is -2.13. The normalized spacial score (nSPS) is 11.8. The Hall–Kier alpha value is -6.66. The summed E-state index contributed by atoms with van der Waals surface area (Å²) in [6, 6.07) is 52.4. The highest BCUT2D eigenvalue weighted by Crippen LogP contribution is 2.43. The molecule has 0 amide bonds. The summed E-state index contributed by atoms with van der Waals surface area (Å²) in [5.41, 5.74) is 8.02. The first-order chi connectivity index (χ1) is 23.8. The summed E-state index contributed by atoms with van der Waals surface area (Å²) in [7, 11) is 0. The van der Waals surface area contributed by atoms with Crippen molar-refractivity contribution in [2.75, 3.05) is 0 Å². The number of fused-ring (bicyclic) bond motifs is 9. The zero-order valence-corrected chi connectivity index (χ0v) is 25.7. The Morgan fingerprint density at radius 3 is 1.67 bits per heavy atom. The average molecular weight is 615 g/mol. The van der Waals surface area contributed by atoms with Gasteiger partial charge in [-0.05, 0) is 24.3 Å². The molecular formula is C42H26N6. The van der Waals surface area contributed by atoms with Crippen LogP contribution in [-0.4, -0.2) is 29.1 Å². The lowest BCUT2D eigenvalue weighted by Crippen LogP contribution is -2.07. The maximum Gasteiger partial charge on any atom is 0.238 e. The number of hydrogen-bond donors (Lipinski definition) is 0. The van der Waals surface area contributed by atoms with Crippen molar-refractivity contribution < 1.29 is 0 Å². The first-order valence-electron chi connectivity index (χ1n) is 16.0. The van der Waals surface area contributed by atoms with E-state index < -0.39 is 0 Å². The number of benzene rings is 6. The van der Waals surface area contributed by atoms with Gasteiger partial charge >= 0.3 is 0 Å². The van der Waals surface area contributed by atoms with Crippen molar-refractivity contribution in [2.24, 2.45) is 0 Å². The molecule has 0 radical (unpaired) electrons. The lowest BCUT2D eigenvalue weighted by atomic mass is 10.1. The maximum absolute atomic E-state index is 5.25. The summed E-state index contributed by atoms with van der Waals surface area (Å²) in [6.07, 6.45) is 1.86. The van der Waals surface area contributed by atoms with Crippen LogP contribution in [-0.2, 0) is 0 Å². The molecule has 224 valence electrons. The maximum atomic E-state index is 5.25. The zero-order chi connectivity index (χ0) is 31.6. The van der Waals surface area contributed by atoms with Gasteiger partial charge < -0.3 is 4.57 Å². The van der Waals surface area contributed by atoms with Gasteiger partial charge in [-0.15, -0.1) is 0 Å². The highest BCUT2D eigenvalue weighted by Gasteiger charge is 2.24. The fourth-order valence-electron chi connectivity index (χ4n) is 7.11. The molecule has 0 fully saturated rings. The summed E-state index contributed by atoms with van der Waals surface area (Å²) in [4.78, 5) is 20.5. The fraction of sp³-hybridized carbons (Fsp3) is 0. The van der Waals surface area contributed by atoms with Gasteiger partial charge in [0.2, 0.25) is 5.95 Å². The van der Waals surface area contributed by atoms with Crippen molar-refractivity contribution in [1.29, 1.82) is 0 Å². The van der Waals surface area contributed by atoms with Crippen molar-refractivity contribution in [1.82, 2.24) is 29.1 Å². The Bertz CT molecular complexity index is 2760. The number of hydrogen-bond acceptors (Lipinski definition) is 4. The molecule has 0 aliphatic carbocycles. The van der Waals surface area contributed by atoms with Gasteiger partial charge in [-0.25, -0.2) is 4.98 Å². The molecular weight excluding hydrogens is 589 g/mol. The van der Waals surface area contributed by atoms with Gasteiger partial charge in [0.15, 0.2) is 11.6 Å². The van der Waals surface area contributed by atoms with Crippen LogP contribution in [0.25, 0.3) is 88.9 Å². The van der Waals surface area contributed by atoms with Crippen LogP contribution in [0.1, 0.15) is 0 Å². The summed E-state index contributed by atoms with van der Waals surface area (Å²) < 4.78 is 4.59. The number of rotatable bonds is 4. The SMILES string of the molecule is c1ccc(-c2nc(-c3ccccc3)nc(-n3c4c(ccc5cccnc54)c4ccc5c6ccccc6n(-c6ccccc6)c5c43)n2)cc1. The largest absolute Gasteiger partial charge is 0.307 e. The molecule has 10 aromatic rings. The molecule has 4 aromatic heterocycles. The molecule has 48 heavy (non-hydrogen) atoms. The van der Waals surface area contributed by atoms with E-state index >= 15 is 0 Å². The average Bonchev–Trinajstić information content (AvgIpc) is 3.69. The second kappa shape index (κ2) is 10.4. The van der Waals surface area contributed by atoms with E-state index in [1.54, 1.807) is 0 Å². The van der Waals surface area contributed by atoms with Gasteiger partial charge in [0.25, 0.3) is 0 Å². The standard InChI is InChI=1S/C42H26N6/c1-4-13-28(14-5-1)40-44-41(29-15-6-2-7-16-29)46-42(45-40)48-37-33(23-22-27-17-12-26-43-36(27)37)34-25-24-32-31-20-10-11-21-35(31)47(38(32)39(34)48)30-18-8-3-9-19-30/h1-26H. The van der Waals surface area contributed by atoms with E-state index in [4.69, 9.17) is 19.9 Å². The van der Waals surface area contributed by atoms with Crippen molar-refractivity contribution in [3.8, 4) is 34.4 Å². The molecule has 6 nitrogen and oxygen atoms in total. The lowest BCUT2D eigenvalue weighted by molar-refractivity contribution is 0.954. The van der Waals surface area contributed by atoms with Crippen molar-refractivity contribution >= 4 is 54.5 Å². The summed E-state index contributed by atoms with van der Waals surface area (Å²) in [5, 5.41) is 5.58. The molecule has 0 atom stereocenters. The first kappa shape index (κ1) is 26.5. The molecule has 10 rings (SSSR count). The predicted molar refractivity (Wildman–Crippen MR) is 195 cm³/mol. The third-order valence-corrected chi connectivity index (χ3v) is 9.20. The van der Waals surface area contributed by atoms with Crippen molar-refractivity contribution in [3.63, 3.8) is 0 Å². The van der Waals surface area contributed by atoms with E-state index in [-0.39, 0.29) is 0 Å². The van der Waals surface area contributed by atoms with Gasteiger partial charge in [-0.2, -0.15) is 9.97 Å². The zero-order valence-electron chi connectivity index (χ0n) is 25.7. The van der Waals surface area contributed by atoms with Crippen LogP contribution in [0.4, 0.5) is 0 Å². The third-order valence-electron chi connectivity index (χ3n) is 9.20. The summed E-state index contributed by atoms with van der Waals surface area (Å²) >= 11 is 0. The highest BCUT2D eigenvalue weighted by atomic mass is 15.2. The highest BCUT2D eigenvalue weighted by molar-refractivity contribution is 6.26. The second-order valence-electron chi connectivity index (χ2n) is 11.9. The molecule has 0 saturated carbocycles. The molecule has 0 N–H and O–H groups in total. The molecule has 0 bridgehead atoms. The van der Waals surface area contributed by atoms with Crippen molar-refractivity contribution in [2.45, 2.75) is 0 Å². The number of pyridine rings is 1. The minimum absolute atomic E-state index is 0.540. The molecule has 0 spiro atoms. The predicted octanol–water partition coefficient (Wildman–Crippen LogP) is 9.95. The van der Waals surface area contributed by atoms with Crippen molar-refractivity contribution in [3.05, 3.63) is 158 Å². The molecule has 6 aromatic carbocycles. The van der Waals surface area contributed by atoms with Crippen LogP contribution >= 0.6 is 0 Å². The number of para-hydroxylation sites is 2. The van der Waals surface area contributed by atoms with Crippen LogP contribution < -0.4 is 0 Å². The van der Waals surface area contributed by atoms with E-state index in [2.05, 4.69) is 94.1 Å². The first-order valence-corrected chi connectivity index (χ1v) is 16.0. The third kappa shape index (κ3) is 3.93. The van der Waals surface area contributed by atoms with E-state index in [0.29, 0.717) is 17.6 Å². The molecule has 0 aliphatic heterocycles. The Kier molecular flexibility index (Phi) is 5.77. The Morgan fingerprint density at radius 2 is 0.958 bits per heavy atom. The quantitative estimate of drug-likeness (QED) is 0.198. The second-order valence-corrected chi connectivity index (χ2v) is 11.9. The molecule has 0 unspecified atom stereocenters. The van der Waals surface area contributed by atoms with E-state index in [1.807, 2.05) is 72.9 Å². The monoisotopic (exact) mass is 614 g/mol. The molecule has 4 heterocycles. The number of aromatic nitrogens is 6. The molecule has 6 heteroatoms. The smallest absolute Gasteiger partial charge is 0.238 e. The van der Waals surface area contributed by atoms with Crippen LogP contribution in [0.15, 0.2) is 158 Å². The van der Waals surface area contributed by atoms with Crippen LogP contribution in [0.5, 0.6) is 0 Å². The topological polar surface area (TPSA) is 61.4 Å². The van der Waals surface area contributed by atoms with E-state index in [0.717, 1.165) is 65.9 Å². The number of nitrogens with zero attached hydrogens (tertiary/aromatic N) is 6. The molecule has 0 saturated heterocycles. The van der Waals surface area contributed by atoms with E-state index in [1.165, 1.54) is 5.39 Å². The minimum atomic E-state index is 0.540. The summed E-state index contributed by atoms with van der Waals surface area (Å²) in [5.74, 6) is 1.76. The van der Waals surface area contributed by atoms with Gasteiger partial charge in [0, 0.05) is 49.9 Å². The van der Waals surface area contributed by atoms with Crippen LogP contribution in [0.3, 0.4) is 0 Å². The fourth-order valence-corrected chi connectivity index (χ4v) is 7.11. The minimum Gasteiger partial charge on any atom is -0.307 e. The van der Waals surface area contributed by atoms with Crippen LogP contribution in [0.2, 0.25) is 0 Å². The summed E-state index contributed by atoms with van der Waals surface area (Å²) in [6.45, 7) is 0. The van der Waals surface area contributed by atoms with E-state index in [9.17, 15) is 0 Å². The Labute approximate surface area is 275 Å². The van der Waals surface area contributed by atoms with Gasteiger partial charge in [-0.1, -0.05) is 127 Å². The Morgan fingerprint density at radius 1 is 0.396 bits per heavy atom. The Balaban J connectivity index is 1.45. The van der Waals surface area contributed by atoms with Gasteiger partial charge in [0.1, 0.15) is 0 Å².